The van der Waals surface area contributed by atoms with Gasteiger partial charge in [-0.05, 0) is 23.9 Å². The van der Waals surface area contributed by atoms with Gasteiger partial charge in [-0.2, -0.15) is 5.26 Å². The Morgan fingerprint density at radius 2 is 2.09 bits per heavy atom. The highest BCUT2D eigenvalue weighted by molar-refractivity contribution is 5.45. The lowest BCUT2D eigenvalue weighted by Crippen LogP contribution is -3.11. The Balaban J connectivity index is 2.42. The molecule has 118 valence electrons. The molecule has 1 N–H and O–H groups in total. The molecule has 1 aliphatic heterocycles. The first kappa shape index (κ1) is 16.3. The number of hydrogen-bond donors (Lipinski definition) is 1. The number of hydrogen-bond acceptors (Lipinski definition) is 4. The zero-order valence-electron chi connectivity index (χ0n) is 13.2. The van der Waals surface area contributed by atoms with Crippen LogP contribution in [0.3, 0.4) is 0 Å². The van der Waals surface area contributed by atoms with Crippen molar-refractivity contribution in [3.05, 3.63) is 39.7 Å². The minimum Gasteiger partial charge on any atom is -0.860 e. The molecule has 1 aromatic rings. The molecule has 0 aliphatic carbocycles. The van der Waals surface area contributed by atoms with Crippen LogP contribution in [0.1, 0.15) is 16.7 Å². The summed E-state index contributed by atoms with van der Waals surface area (Å²) in [6, 6.07) is 1.95. The van der Waals surface area contributed by atoms with E-state index in [1.54, 1.807) is 6.92 Å². The summed E-state index contributed by atoms with van der Waals surface area (Å²) >= 11 is 0. The maximum atomic E-state index is 12.6. The monoisotopic (exact) mass is 302 g/mol. The fourth-order valence-corrected chi connectivity index (χ4v) is 2.79. The first-order valence-electron chi connectivity index (χ1n) is 7.47. The van der Waals surface area contributed by atoms with Crippen LogP contribution >= 0.6 is 0 Å². The van der Waals surface area contributed by atoms with Crippen molar-refractivity contribution in [1.29, 1.82) is 5.26 Å². The van der Waals surface area contributed by atoms with Gasteiger partial charge >= 0.3 is 0 Å². The van der Waals surface area contributed by atoms with Crippen LogP contribution in [0.15, 0.2) is 17.4 Å². The lowest BCUT2D eigenvalue weighted by molar-refractivity contribution is -0.884. The molecule has 1 saturated heterocycles. The number of allylic oxidation sites excluding steroid dienone is 1. The van der Waals surface area contributed by atoms with E-state index < -0.39 is 5.56 Å². The molecule has 1 aliphatic rings. The van der Waals surface area contributed by atoms with Crippen molar-refractivity contribution in [1.82, 2.24) is 9.47 Å². The van der Waals surface area contributed by atoms with Gasteiger partial charge in [0.1, 0.15) is 11.6 Å². The fraction of sp³-hybridized carbons (Fsp3) is 0.500. The van der Waals surface area contributed by atoms with Crippen molar-refractivity contribution >= 4 is 0 Å². The van der Waals surface area contributed by atoms with E-state index in [1.165, 1.54) is 11.0 Å². The summed E-state index contributed by atoms with van der Waals surface area (Å²) in [6.07, 6.45) is 1.50. The molecule has 0 spiro atoms. The van der Waals surface area contributed by atoms with Crippen molar-refractivity contribution in [2.24, 2.45) is 0 Å². The van der Waals surface area contributed by atoms with E-state index in [-0.39, 0.29) is 18.0 Å². The molecular weight excluding hydrogens is 280 g/mol. The van der Waals surface area contributed by atoms with Crippen molar-refractivity contribution in [2.45, 2.75) is 20.0 Å². The molecule has 2 rings (SSSR count). The molecule has 0 unspecified atom stereocenters. The molecule has 2 heterocycles. The summed E-state index contributed by atoms with van der Waals surface area (Å²) in [6.45, 7) is 9.77. The number of aromatic nitrogens is 1. The van der Waals surface area contributed by atoms with Gasteiger partial charge < -0.3 is 14.6 Å². The molecule has 1 aromatic heterocycles. The lowest BCUT2D eigenvalue weighted by Gasteiger charge is -2.32. The van der Waals surface area contributed by atoms with Crippen LogP contribution in [0.4, 0.5) is 0 Å². The van der Waals surface area contributed by atoms with Crippen molar-refractivity contribution in [3.63, 3.8) is 0 Å². The summed E-state index contributed by atoms with van der Waals surface area (Å²) in [5.41, 5.74) is 0.620. The Hall–Kier alpha value is -2.10. The number of nitriles is 1. The number of quaternary nitrogens is 1. The van der Waals surface area contributed by atoms with Gasteiger partial charge in [0.05, 0.1) is 20.1 Å². The second-order valence-corrected chi connectivity index (χ2v) is 5.83. The van der Waals surface area contributed by atoms with Crippen LogP contribution in [-0.2, 0) is 13.1 Å². The van der Waals surface area contributed by atoms with Gasteiger partial charge in [-0.3, -0.25) is 9.69 Å². The maximum Gasteiger partial charge on any atom is 0.268 e. The van der Waals surface area contributed by atoms with E-state index in [2.05, 4.69) is 18.5 Å². The third-order valence-electron chi connectivity index (χ3n) is 4.30. The summed E-state index contributed by atoms with van der Waals surface area (Å²) < 4.78 is 1.11. The first-order valence-corrected chi connectivity index (χ1v) is 7.47. The van der Waals surface area contributed by atoms with Crippen LogP contribution in [0.5, 0.6) is 5.88 Å². The highest BCUT2D eigenvalue weighted by atomic mass is 16.3. The topological polar surface area (TPSA) is 76.5 Å². The predicted molar refractivity (Wildman–Crippen MR) is 81.7 cm³/mol. The molecule has 0 bridgehead atoms. The molecule has 0 saturated carbocycles. The molecule has 0 aromatic carbocycles. The Bertz CT molecular complexity index is 664. The molecule has 22 heavy (non-hydrogen) atoms. The minimum atomic E-state index is -0.517. The van der Waals surface area contributed by atoms with E-state index in [0.29, 0.717) is 17.7 Å². The molecule has 6 nitrogen and oxygen atoms in total. The smallest absolute Gasteiger partial charge is 0.268 e. The first-order chi connectivity index (χ1) is 10.5. The van der Waals surface area contributed by atoms with E-state index in [4.69, 9.17) is 0 Å². The van der Waals surface area contributed by atoms with Gasteiger partial charge in [0, 0.05) is 26.2 Å². The summed E-state index contributed by atoms with van der Waals surface area (Å²) in [4.78, 5) is 15.9. The van der Waals surface area contributed by atoms with Crippen molar-refractivity contribution < 1.29 is 10.0 Å². The fourth-order valence-electron chi connectivity index (χ4n) is 2.79. The SMILES string of the molecule is C=CCn1c([O-])c(CN2CC[NH+](C)CC2)c(C)c(C#N)c1=O. The van der Waals surface area contributed by atoms with Crippen molar-refractivity contribution in [3.8, 4) is 11.9 Å². The van der Waals surface area contributed by atoms with Crippen molar-refractivity contribution in [2.75, 3.05) is 33.2 Å². The molecule has 0 radical (unpaired) electrons. The summed E-state index contributed by atoms with van der Waals surface area (Å²) in [5, 5.41) is 21.8. The average Bonchev–Trinajstić information content (AvgIpc) is 2.50. The standard InChI is InChI=1S/C16H22N4O2/c1-4-5-20-15(21)13(10-17)12(2)14(16(20)22)11-19-8-6-18(3)7-9-19/h4,22H,1,5-9,11H2,2-3H3. The van der Waals surface area contributed by atoms with Crippen LogP contribution in [0.25, 0.3) is 0 Å². The second kappa shape index (κ2) is 6.77. The van der Waals surface area contributed by atoms with Crippen LogP contribution < -0.4 is 15.6 Å². The van der Waals surface area contributed by atoms with Gasteiger partial charge in [-0.25, -0.2) is 0 Å². The van der Waals surface area contributed by atoms with Gasteiger partial charge in [-0.15, -0.1) is 6.58 Å². The lowest BCUT2D eigenvalue weighted by atomic mass is 10.0. The van der Waals surface area contributed by atoms with Gasteiger partial charge in [0.2, 0.25) is 0 Å². The quantitative estimate of drug-likeness (QED) is 0.696. The molecule has 6 heteroatoms. The third-order valence-corrected chi connectivity index (χ3v) is 4.30. The molecular formula is C16H22N4O2. The second-order valence-electron chi connectivity index (χ2n) is 5.83. The Labute approximate surface area is 130 Å². The third kappa shape index (κ3) is 3.06. The van der Waals surface area contributed by atoms with E-state index in [9.17, 15) is 15.2 Å². The normalized spacial score (nSPS) is 16.4. The molecule has 0 amide bonds. The number of likely N-dealkylation sites (N-methyl/N-ethyl adjacent to an activating group) is 1. The van der Waals surface area contributed by atoms with E-state index >= 15 is 0 Å². The maximum absolute atomic E-state index is 12.6. The largest absolute Gasteiger partial charge is 0.860 e. The van der Waals surface area contributed by atoms with Gasteiger partial charge in [-0.1, -0.05) is 6.08 Å². The van der Waals surface area contributed by atoms with Gasteiger partial charge in [0.15, 0.2) is 0 Å². The van der Waals surface area contributed by atoms with E-state index in [0.717, 1.165) is 30.7 Å². The Kier molecular flexibility index (Phi) is 5.01. The number of nitrogens with zero attached hydrogens (tertiary/aromatic N) is 3. The van der Waals surface area contributed by atoms with Crippen LogP contribution in [0, 0.1) is 18.3 Å². The van der Waals surface area contributed by atoms with Gasteiger partial charge in [0.25, 0.3) is 5.56 Å². The van der Waals surface area contributed by atoms with E-state index in [1.807, 2.05) is 6.07 Å². The highest BCUT2D eigenvalue weighted by Gasteiger charge is 2.20. The zero-order valence-corrected chi connectivity index (χ0v) is 13.2. The number of nitrogens with one attached hydrogen (secondary N) is 1. The number of pyridine rings is 1. The predicted octanol–water partition coefficient (Wildman–Crippen LogP) is -1.38. The Morgan fingerprint density at radius 1 is 1.45 bits per heavy atom. The number of rotatable bonds is 4. The van der Waals surface area contributed by atoms with Crippen LogP contribution in [-0.4, -0.2) is 42.7 Å². The highest BCUT2D eigenvalue weighted by Crippen LogP contribution is 2.21. The Morgan fingerprint density at radius 3 is 2.64 bits per heavy atom. The average molecular weight is 302 g/mol. The summed E-state index contributed by atoms with van der Waals surface area (Å²) in [7, 11) is 2.15. The minimum absolute atomic E-state index is 0.0659. The number of piperazine rings is 1. The molecule has 0 atom stereocenters. The zero-order chi connectivity index (χ0) is 16.3. The van der Waals surface area contributed by atoms with Crippen LogP contribution in [0.2, 0.25) is 0 Å². The summed E-state index contributed by atoms with van der Waals surface area (Å²) in [5.74, 6) is -0.298. The molecule has 1 fully saturated rings.